The van der Waals surface area contributed by atoms with Crippen LogP contribution < -0.4 is 10.7 Å². The number of nitrogens with one attached hydrogen (secondary N) is 1. The molecular formula is C23H17ClFN3O2S. The summed E-state index contributed by atoms with van der Waals surface area (Å²) in [5.74, 6) is -1.16. The third-order valence-electron chi connectivity index (χ3n) is 4.76. The molecule has 1 N–H and O–H groups in total. The second-order valence-electron chi connectivity index (χ2n) is 6.88. The lowest BCUT2D eigenvalue weighted by Gasteiger charge is -2.19. The Bertz CT molecular complexity index is 1290. The summed E-state index contributed by atoms with van der Waals surface area (Å²) in [6.07, 6.45) is 0. The van der Waals surface area contributed by atoms with Crippen LogP contribution in [0, 0.1) is 12.7 Å². The van der Waals surface area contributed by atoms with Gasteiger partial charge in [0.25, 0.3) is 5.91 Å². The van der Waals surface area contributed by atoms with Crippen molar-refractivity contribution in [2.45, 2.75) is 13.0 Å². The summed E-state index contributed by atoms with van der Waals surface area (Å²) in [6, 6.07) is 15.8. The van der Waals surface area contributed by atoms with Gasteiger partial charge in [-0.1, -0.05) is 35.9 Å². The molecule has 0 fully saturated rings. The van der Waals surface area contributed by atoms with Gasteiger partial charge in [-0.2, -0.15) is 16.4 Å². The first-order chi connectivity index (χ1) is 14.9. The lowest BCUT2D eigenvalue weighted by molar-refractivity contribution is 0.0935. The lowest BCUT2D eigenvalue weighted by atomic mass is 10.0. The van der Waals surface area contributed by atoms with Crippen LogP contribution in [0.1, 0.15) is 33.4 Å². The highest BCUT2D eigenvalue weighted by Gasteiger charge is 2.22. The van der Waals surface area contributed by atoms with Crippen LogP contribution in [-0.4, -0.2) is 15.7 Å². The molecule has 4 rings (SSSR count). The van der Waals surface area contributed by atoms with Gasteiger partial charge in [-0.25, -0.2) is 9.07 Å². The van der Waals surface area contributed by atoms with Crippen molar-refractivity contribution in [1.29, 1.82) is 0 Å². The maximum absolute atomic E-state index is 14.3. The summed E-state index contributed by atoms with van der Waals surface area (Å²) >= 11 is 7.49. The highest BCUT2D eigenvalue weighted by Crippen LogP contribution is 2.25. The van der Waals surface area contributed by atoms with E-state index in [9.17, 15) is 14.0 Å². The Balaban J connectivity index is 1.73. The molecule has 1 atom stereocenters. The number of hydrogen-bond donors (Lipinski definition) is 1. The number of hydrogen-bond acceptors (Lipinski definition) is 4. The normalized spacial score (nSPS) is 11.8. The standard InChI is InChI=1S/C23H17ClFN3O2S/c1-14-12-20(29)22(27-28(14)19-5-3-2-4-18(19)25)23(30)26-21(16-10-11-31-13-16)15-6-8-17(24)9-7-15/h2-13,21H,1H3,(H,26,30). The van der Waals surface area contributed by atoms with E-state index in [1.807, 2.05) is 29.0 Å². The van der Waals surface area contributed by atoms with Crippen molar-refractivity contribution in [2.75, 3.05) is 0 Å². The number of para-hydroxylation sites is 1. The molecule has 0 aliphatic carbocycles. The van der Waals surface area contributed by atoms with Crippen LogP contribution in [0.25, 0.3) is 5.69 Å². The van der Waals surface area contributed by atoms with E-state index in [1.54, 1.807) is 31.2 Å². The number of nitrogens with zero attached hydrogens (tertiary/aromatic N) is 2. The molecule has 8 heteroatoms. The van der Waals surface area contributed by atoms with Gasteiger partial charge in [0.1, 0.15) is 11.5 Å². The topological polar surface area (TPSA) is 64.0 Å². The number of amides is 1. The molecule has 0 radical (unpaired) electrons. The predicted octanol–water partition coefficient (Wildman–Crippen LogP) is 4.91. The highest BCUT2D eigenvalue weighted by molar-refractivity contribution is 7.08. The van der Waals surface area contributed by atoms with Crippen molar-refractivity contribution in [3.8, 4) is 5.69 Å². The Hall–Kier alpha value is -3.29. The summed E-state index contributed by atoms with van der Waals surface area (Å²) in [7, 11) is 0. The second-order valence-corrected chi connectivity index (χ2v) is 8.09. The molecule has 5 nitrogen and oxygen atoms in total. The quantitative estimate of drug-likeness (QED) is 0.466. The Labute approximate surface area is 186 Å². The van der Waals surface area contributed by atoms with Crippen LogP contribution in [0.3, 0.4) is 0 Å². The van der Waals surface area contributed by atoms with Crippen LogP contribution in [0.4, 0.5) is 4.39 Å². The number of carbonyl (C=O) groups excluding carboxylic acids is 1. The van der Waals surface area contributed by atoms with Crippen LogP contribution in [0.5, 0.6) is 0 Å². The summed E-state index contributed by atoms with van der Waals surface area (Å²) in [5.41, 5.74) is 1.38. The summed E-state index contributed by atoms with van der Waals surface area (Å²) < 4.78 is 15.5. The second kappa shape index (κ2) is 8.83. The molecule has 2 aromatic heterocycles. The zero-order valence-electron chi connectivity index (χ0n) is 16.4. The molecule has 2 aromatic carbocycles. The number of rotatable bonds is 5. The van der Waals surface area contributed by atoms with Crippen molar-refractivity contribution in [3.63, 3.8) is 0 Å². The van der Waals surface area contributed by atoms with Gasteiger partial charge >= 0.3 is 0 Å². The SMILES string of the molecule is Cc1cc(=O)c(C(=O)NC(c2ccc(Cl)cc2)c2ccsc2)nn1-c1ccccc1F. The molecule has 0 aliphatic heterocycles. The van der Waals surface area contributed by atoms with Crippen molar-refractivity contribution in [2.24, 2.45) is 0 Å². The van der Waals surface area contributed by atoms with Gasteiger partial charge in [0, 0.05) is 16.8 Å². The first-order valence-electron chi connectivity index (χ1n) is 9.38. The molecule has 0 saturated carbocycles. The minimum atomic E-state index is -0.652. The molecule has 1 amide bonds. The highest BCUT2D eigenvalue weighted by atomic mass is 35.5. The zero-order chi connectivity index (χ0) is 22.0. The molecule has 0 aliphatic rings. The fraction of sp³-hybridized carbons (Fsp3) is 0.0870. The van der Waals surface area contributed by atoms with Gasteiger partial charge in [-0.3, -0.25) is 9.59 Å². The Morgan fingerprint density at radius 1 is 1.13 bits per heavy atom. The fourth-order valence-electron chi connectivity index (χ4n) is 3.23. The molecule has 0 bridgehead atoms. The maximum atomic E-state index is 14.3. The van der Waals surface area contributed by atoms with Gasteiger partial charge in [0.15, 0.2) is 5.69 Å². The van der Waals surface area contributed by atoms with E-state index in [4.69, 9.17) is 11.6 Å². The number of carbonyl (C=O) groups is 1. The summed E-state index contributed by atoms with van der Waals surface area (Å²) in [4.78, 5) is 25.6. The minimum Gasteiger partial charge on any atom is -0.340 e. The Morgan fingerprint density at radius 3 is 2.55 bits per heavy atom. The van der Waals surface area contributed by atoms with Crippen molar-refractivity contribution in [3.05, 3.63) is 115 Å². The molecule has 1 unspecified atom stereocenters. The van der Waals surface area contributed by atoms with Crippen molar-refractivity contribution in [1.82, 2.24) is 15.1 Å². The van der Waals surface area contributed by atoms with E-state index in [0.717, 1.165) is 11.1 Å². The van der Waals surface area contributed by atoms with Gasteiger partial charge in [-0.15, -0.1) is 0 Å². The fourth-order valence-corrected chi connectivity index (χ4v) is 4.04. The van der Waals surface area contributed by atoms with Crippen molar-refractivity contribution >= 4 is 28.8 Å². The van der Waals surface area contributed by atoms with Crippen LogP contribution in [-0.2, 0) is 0 Å². The van der Waals surface area contributed by atoms with E-state index in [1.165, 1.54) is 34.2 Å². The molecule has 0 spiro atoms. The molecule has 31 heavy (non-hydrogen) atoms. The number of thiophene rings is 1. The lowest BCUT2D eigenvalue weighted by Crippen LogP contribution is -2.35. The molecule has 4 aromatic rings. The maximum Gasteiger partial charge on any atom is 0.276 e. The number of aryl methyl sites for hydroxylation is 1. The third-order valence-corrected chi connectivity index (χ3v) is 5.71. The first-order valence-corrected chi connectivity index (χ1v) is 10.7. The van der Waals surface area contributed by atoms with E-state index in [2.05, 4.69) is 10.4 Å². The van der Waals surface area contributed by atoms with Crippen molar-refractivity contribution < 1.29 is 9.18 Å². The molecule has 2 heterocycles. The molecular weight excluding hydrogens is 437 g/mol. The largest absolute Gasteiger partial charge is 0.340 e. The Kier molecular flexibility index (Phi) is 5.97. The average Bonchev–Trinajstić information content (AvgIpc) is 3.28. The van der Waals surface area contributed by atoms with E-state index < -0.39 is 23.2 Å². The summed E-state index contributed by atoms with van der Waals surface area (Å²) in [6.45, 7) is 1.63. The zero-order valence-corrected chi connectivity index (χ0v) is 18.0. The number of benzene rings is 2. The van der Waals surface area contributed by atoms with Crippen LogP contribution in [0.15, 0.2) is 76.2 Å². The minimum absolute atomic E-state index is 0.154. The Morgan fingerprint density at radius 2 is 1.87 bits per heavy atom. The molecule has 156 valence electrons. The first kappa shape index (κ1) is 21.0. The number of halogens is 2. The van der Waals surface area contributed by atoms with Gasteiger partial charge in [0.2, 0.25) is 5.43 Å². The third kappa shape index (κ3) is 4.42. The van der Waals surface area contributed by atoms with Crippen LogP contribution >= 0.6 is 22.9 Å². The monoisotopic (exact) mass is 453 g/mol. The van der Waals surface area contributed by atoms with Crippen LogP contribution in [0.2, 0.25) is 5.02 Å². The van der Waals surface area contributed by atoms with Gasteiger partial charge in [0.05, 0.1) is 6.04 Å². The predicted molar refractivity (Wildman–Crippen MR) is 120 cm³/mol. The van der Waals surface area contributed by atoms with Gasteiger partial charge < -0.3 is 5.32 Å². The van der Waals surface area contributed by atoms with E-state index in [-0.39, 0.29) is 11.4 Å². The average molecular weight is 454 g/mol. The molecule has 0 saturated heterocycles. The van der Waals surface area contributed by atoms with Gasteiger partial charge in [-0.05, 0) is 59.1 Å². The smallest absolute Gasteiger partial charge is 0.276 e. The van der Waals surface area contributed by atoms with E-state index in [0.29, 0.717) is 10.7 Å². The number of aromatic nitrogens is 2. The van der Waals surface area contributed by atoms with E-state index >= 15 is 0 Å². The summed E-state index contributed by atoms with van der Waals surface area (Å²) in [5, 5.41) is 11.5.